The summed E-state index contributed by atoms with van der Waals surface area (Å²) in [5, 5.41) is 11.0. The van der Waals surface area contributed by atoms with Gasteiger partial charge in [0.2, 0.25) is 5.78 Å². The summed E-state index contributed by atoms with van der Waals surface area (Å²) in [5.74, 6) is 0.269. The van der Waals surface area contributed by atoms with Crippen LogP contribution in [-0.2, 0) is 5.60 Å². The molecule has 2 aliphatic rings. The molecule has 0 bridgehead atoms. The van der Waals surface area contributed by atoms with Crippen molar-refractivity contribution < 1.29 is 13.9 Å². The Morgan fingerprint density at radius 2 is 1.93 bits per heavy atom. The van der Waals surface area contributed by atoms with E-state index in [-0.39, 0.29) is 11.6 Å². The van der Waals surface area contributed by atoms with Crippen molar-refractivity contribution in [3.63, 3.8) is 0 Å². The molecule has 0 saturated carbocycles. The highest BCUT2D eigenvalue weighted by molar-refractivity contribution is 6.10. The number of aryl methyl sites for hydroxylation is 2. The van der Waals surface area contributed by atoms with Crippen molar-refractivity contribution in [2.75, 3.05) is 13.1 Å². The van der Waals surface area contributed by atoms with E-state index in [0.717, 1.165) is 54.1 Å². The Labute approximate surface area is 168 Å². The summed E-state index contributed by atoms with van der Waals surface area (Å²) in [6, 6.07) is 10.2. The van der Waals surface area contributed by atoms with E-state index in [1.807, 2.05) is 25.1 Å². The third kappa shape index (κ3) is 2.70. The molecule has 1 fully saturated rings. The molecular formula is C23H22FN3O2. The second kappa shape index (κ2) is 6.52. The monoisotopic (exact) mass is 391 g/mol. The molecule has 0 amide bonds. The molecule has 29 heavy (non-hydrogen) atoms. The minimum atomic E-state index is -0.604. The zero-order valence-corrected chi connectivity index (χ0v) is 16.4. The average Bonchev–Trinajstić information content (AvgIpc) is 3.14. The third-order valence-corrected chi connectivity index (χ3v) is 6.07. The Kier molecular flexibility index (Phi) is 4.06. The quantitative estimate of drug-likeness (QED) is 0.647. The van der Waals surface area contributed by atoms with Gasteiger partial charge in [-0.05, 0) is 62.3 Å². The zero-order valence-electron chi connectivity index (χ0n) is 16.4. The summed E-state index contributed by atoms with van der Waals surface area (Å²) in [6.07, 6.45) is 1.49. The molecule has 2 aliphatic heterocycles. The summed E-state index contributed by atoms with van der Waals surface area (Å²) in [7, 11) is 0. The molecule has 6 heteroatoms. The Morgan fingerprint density at radius 1 is 1.14 bits per heavy atom. The van der Waals surface area contributed by atoms with Crippen molar-refractivity contribution in [3.8, 4) is 17.0 Å². The van der Waals surface area contributed by atoms with Crippen molar-refractivity contribution >= 4 is 5.78 Å². The first-order valence-electron chi connectivity index (χ1n) is 9.89. The molecule has 1 spiro atoms. The van der Waals surface area contributed by atoms with E-state index in [9.17, 15) is 9.18 Å². The van der Waals surface area contributed by atoms with Crippen molar-refractivity contribution in [1.82, 2.24) is 15.5 Å². The molecule has 1 aromatic heterocycles. The van der Waals surface area contributed by atoms with E-state index in [4.69, 9.17) is 4.74 Å². The molecule has 3 heterocycles. The van der Waals surface area contributed by atoms with Crippen molar-refractivity contribution in [1.29, 1.82) is 0 Å². The highest BCUT2D eigenvalue weighted by Gasteiger charge is 2.47. The summed E-state index contributed by atoms with van der Waals surface area (Å²) >= 11 is 0. The largest absolute Gasteiger partial charge is 0.482 e. The molecule has 5 rings (SSSR count). The second-order valence-corrected chi connectivity index (χ2v) is 7.90. The summed E-state index contributed by atoms with van der Waals surface area (Å²) in [6.45, 7) is 5.37. The van der Waals surface area contributed by atoms with Crippen LogP contribution in [0.25, 0.3) is 11.3 Å². The van der Waals surface area contributed by atoms with Gasteiger partial charge in [0.1, 0.15) is 28.6 Å². The molecule has 148 valence electrons. The van der Waals surface area contributed by atoms with Crippen LogP contribution in [0.1, 0.15) is 45.6 Å². The Morgan fingerprint density at radius 3 is 2.69 bits per heavy atom. The van der Waals surface area contributed by atoms with Gasteiger partial charge >= 0.3 is 0 Å². The molecule has 1 saturated heterocycles. The number of aromatic nitrogens is 2. The molecule has 0 aliphatic carbocycles. The normalized spacial score (nSPS) is 16.8. The van der Waals surface area contributed by atoms with Gasteiger partial charge < -0.3 is 10.1 Å². The van der Waals surface area contributed by atoms with Crippen LogP contribution in [0, 0.1) is 19.7 Å². The summed E-state index contributed by atoms with van der Waals surface area (Å²) in [5.41, 5.74) is 4.50. The summed E-state index contributed by atoms with van der Waals surface area (Å²) in [4.78, 5) is 13.5. The minimum Gasteiger partial charge on any atom is -0.482 e. The zero-order chi connectivity index (χ0) is 20.2. The molecule has 0 atom stereocenters. The number of aromatic amines is 1. The van der Waals surface area contributed by atoms with Gasteiger partial charge in [0.05, 0.1) is 5.56 Å². The number of hydrogen-bond donors (Lipinski definition) is 2. The fraction of sp³-hybridized carbons (Fsp3) is 0.304. The van der Waals surface area contributed by atoms with Gasteiger partial charge in [0.15, 0.2) is 0 Å². The number of H-pyrrole nitrogens is 1. The predicted molar refractivity (Wildman–Crippen MR) is 108 cm³/mol. The maximum absolute atomic E-state index is 13.6. The van der Waals surface area contributed by atoms with Gasteiger partial charge in [0.25, 0.3) is 0 Å². The second-order valence-electron chi connectivity index (χ2n) is 7.90. The van der Waals surface area contributed by atoms with Gasteiger partial charge in [-0.3, -0.25) is 9.89 Å². The van der Waals surface area contributed by atoms with Crippen LogP contribution in [0.3, 0.4) is 0 Å². The number of ketones is 1. The van der Waals surface area contributed by atoms with Crippen LogP contribution in [0.2, 0.25) is 0 Å². The van der Waals surface area contributed by atoms with Crippen LogP contribution >= 0.6 is 0 Å². The van der Waals surface area contributed by atoms with Crippen LogP contribution in [0.4, 0.5) is 4.39 Å². The SMILES string of the molecule is Cc1cc(F)ccc1C(=O)c1[nH]nc2c1C1(CCNCC1)Oc1cccc(C)c1-2. The highest BCUT2D eigenvalue weighted by Crippen LogP contribution is 2.50. The molecule has 3 aromatic rings. The maximum Gasteiger partial charge on any atom is 0.211 e. The fourth-order valence-corrected chi connectivity index (χ4v) is 4.62. The molecule has 0 radical (unpaired) electrons. The number of carbonyl (C=O) groups is 1. The van der Waals surface area contributed by atoms with E-state index in [0.29, 0.717) is 16.8 Å². The number of nitrogens with one attached hydrogen (secondary N) is 2. The Hall–Kier alpha value is -2.99. The van der Waals surface area contributed by atoms with Gasteiger partial charge in [0, 0.05) is 24.0 Å². The number of halogens is 1. The minimum absolute atomic E-state index is 0.185. The van der Waals surface area contributed by atoms with Crippen LogP contribution in [0.5, 0.6) is 5.75 Å². The number of fused-ring (bicyclic) bond motifs is 4. The smallest absolute Gasteiger partial charge is 0.211 e. The van der Waals surface area contributed by atoms with Crippen molar-refractivity contribution in [2.24, 2.45) is 0 Å². The standard InChI is InChI=1S/C23H22FN3O2/c1-13-4-3-5-17-18(13)20-19(23(29-17)8-10-25-11-9-23)21(27-26-20)22(28)16-7-6-15(24)12-14(16)2/h3-7,12,25H,8-11H2,1-2H3,(H,26,27). The number of rotatable bonds is 2. The Balaban J connectivity index is 1.73. The molecule has 2 N–H and O–H groups in total. The number of piperidine rings is 1. The first-order valence-corrected chi connectivity index (χ1v) is 9.89. The average molecular weight is 391 g/mol. The van der Waals surface area contributed by atoms with Gasteiger partial charge in [-0.15, -0.1) is 0 Å². The van der Waals surface area contributed by atoms with Gasteiger partial charge in [-0.1, -0.05) is 12.1 Å². The number of benzene rings is 2. The lowest BCUT2D eigenvalue weighted by molar-refractivity contribution is 0.0298. The summed E-state index contributed by atoms with van der Waals surface area (Å²) < 4.78 is 20.2. The van der Waals surface area contributed by atoms with Crippen molar-refractivity contribution in [3.05, 3.63) is 70.2 Å². The molecular weight excluding hydrogens is 369 g/mol. The molecule has 5 nitrogen and oxygen atoms in total. The lowest BCUT2D eigenvalue weighted by Gasteiger charge is -2.42. The van der Waals surface area contributed by atoms with Crippen LogP contribution in [0.15, 0.2) is 36.4 Å². The first kappa shape index (κ1) is 18.1. The predicted octanol–water partition coefficient (Wildman–Crippen LogP) is 4.03. The topological polar surface area (TPSA) is 67.0 Å². The fourth-order valence-electron chi connectivity index (χ4n) is 4.62. The number of nitrogens with zero attached hydrogens (tertiary/aromatic N) is 1. The molecule has 0 unspecified atom stereocenters. The van der Waals surface area contributed by atoms with Crippen LogP contribution < -0.4 is 10.1 Å². The number of hydrogen-bond acceptors (Lipinski definition) is 4. The number of ether oxygens (including phenoxy) is 1. The molecule has 2 aromatic carbocycles. The maximum atomic E-state index is 13.6. The lowest BCUT2D eigenvalue weighted by Crippen LogP contribution is -2.46. The third-order valence-electron chi connectivity index (χ3n) is 6.07. The van der Waals surface area contributed by atoms with Crippen molar-refractivity contribution in [2.45, 2.75) is 32.3 Å². The number of carbonyl (C=O) groups excluding carboxylic acids is 1. The van der Waals surface area contributed by atoms with E-state index >= 15 is 0 Å². The highest BCUT2D eigenvalue weighted by atomic mass is 19.1. The first-order chi connectivity index (χ1) is 14.0. The van der Waals surface area contributed by atoms with Gasteiger partial charge in [-0.2, -0.15) is 5.10 Å². The van der Waals surface area contributed by atoms with E-state index in [1.165, 1.54) is 18.2 Å². The van der Waals surface area contributed by atoms with Crippen LogP contribution in [-0.4, -0.2) is 29.1 Å². The van der Waals surface area contributed by atoms with E-state index < -0.39 is 5.60 Å². The lowest BCUT2D eigenvalue weighted by atomic mass is 9.78. The van der Waals surface area contributed by atoms with Gasteiger partial charge in [-0.25, -0.2) is 4.39 Å². The Bertz CT molecular complexity index is 1130. The van der Waals surface area contributed by atoms with E-state index in [1.54, 1.807) is 6.92 Å². The van der Waals surface area contributed by atoms with E-state index in [2.05, 4.69) is 15.5 Å².